The molecule has 2 rings (SSSR count). The number of hydrogen-bond donors (Lipinski definition) is 0. The molecular formula is C17H24O4. The van der Waals surface area contributed by atoms with Gasteiger partial charge in [0.2, 0.25) is 0 Å². The summed E-state index contributed by atoms with van der Waals surface area (Å²) in [5.74, 6) is 0.596. The van der Waals surface area contributed by atoms with Gasteiger partial charge in [0.25, 0.3) is 0 Å². The summed E-state index contributed by atoms with van der Waals surface area (Å²) in [6.45, 7) is 7.73. The molecule has 0 radical (unpaired) electrons. The molecule has 0 aromatic heterocycles. The number of Topliss-reactive ketones (excluding diaryl/α,β-unsaturated/α-hetero) is 1. The van der Waals surface area contributed by atoms with Crippen molar-refractivity contribution in [3.05, 3.63) is 29.3 Å². The van der Waals surface area contributed by atoms with E-state index in [4.69, 9.17) is 9.47 Å². The molecule has 1 atom stereocenters. The zero-order valence-corrected chi connectivity index (χ0v) is 13.3. The lowest BCUT2D eigenvalue weighted by atomic mass is 9.98. The summed E-state index contributed by atoms with van der Waals surface area (Å²) >= 11 is 0. The molecule has 0 N–H and O–H groups in total. The van der Waals surface area contributed by atoms with E-state index in [2.05, 4.69) is 0 Å². The van der Waals surface area contributed by atoms with Crippen molar-refractivity contribution < 1.29 is 19.1 Å². The Labute approximate surface area is 126 Å². The zero-order valence-electron chi connectivity index (χ0n) is 13.3. The Balaban J connectivity index is 0.00000106. The predicted molar refractivity (Wildman–Crippen MR) is 81.8 cm³/mol. The Bertz CT molecular complexity index is 494. The molecule has 4 heteroatoms. The van der Waals surface area contributed by atoms with E-state index in [1.54, 1.807) is 19.9 Å². The van der Waals surface area contributed by atoms with E-state index in [1.807, 2.05) is 26.0 Å². The molecule has 116 valence electrons. The average Bonchev–Trinajstić information content (AvgIpc) is 2.49. The summed E-state index contributed by atoms with van der Waals surface area (Å²) in [6, 6.07) is 5.44. The highest BCUT2D eigenvalue weighted by molar-refractivity contribution is 5.94. The van der Waals surface area contributed by atoms with Gasteiger partial charge in [0.1, 0.15) is 11.9 Å². The van der Waals surface area contributed by atoms with Gasteiger partial charge in [-0.05, 0) is 50.5 Å². The van der Waals surface area contributed by atoms with Crippen molar-refractivity contribution in [2.75, 3.05) is 6.61 Å². The van der Waals surface area contributed by atoms with Crippen LogP contribution in [0.2, 0.25) is 0 Å². The lowest BCUT2D eigenvalue weighted by Gasteiger charge is -2.25. The second-order valence-corrected chi connectivity index (χ2v) is 4.67. The number of aryl methyl sites for hydroxylation is 1. The first-order valence-corrected chi connectivity index (χ1v) is 7.56. The second-order valence-electron chi connectivity index (χ2n) is 4.67. The summed E-state index contributed by atoms with van der Waals surface area (Å²) in [7, 11) is 0. The summed E-state index contributed by atoms with van der Waals surface area (Å²) in [6.07, 6.45) is 1.74. The van der Waals surface area contributed by atoms with Crippen molar-refractivity contribution in [1.82, 2.24) is 0 Å². The van der Waals surface area contributed by atoms with Gasteiger partial charge in [-0.15, -0.1) is 0 Å². The number of esters is 1. The Morgan fingerprint density at radius 2 is 2.05 bits per heavy atom. The van der Waals surface area contributed by atoms with Crippen LogP contribution in [0.25, 0.3) is 0 Å². The molecule has 1 aliphatic heterocycles. The van der Waals surface area contributed by atoms with Crippen LogP contribution in [-0.4, -0.2) is 24.5 Å². The molecule has 1 unspecified atom stereocenters. The first kappa shape index (κ1) is 17.2. The maximum absolute atomic E-state index is 11.4. The fraction of sp³-hybridized carbons (Fsp3) is 0.529. The molecule has 1 aromatic rings. The average molecular weight is 292 g/mol. The minimum atomic E-state index is -0.226. The van der Waals surface area contributed by atoms with Gasteiger partial charge in [-0.25, -0.2) is 0 Å². The number of carbonyl (C=O) groups excluding carboxylic acids is 2. The Morgan fingerprint density at radius 3 is 2.67 bits per heavy atom. The van der Waals surface area contributed by atoms with Crippen LogP contribution in [0.15, 0.2) is 18.2 Å². The third-order valence-corrected chi connectivity index (χ3v) is 3.20. The standard InChI is InChI=1S/C15H18O4.C2H6/c1-3-18-15(17)9-13-6-4-12-8-11(10(2)16)5-7-14(12)19-13;1-2/h5,7-8,13H,3-4,6,9H2,1-2H3;1-2H3. The van der Waals surface area contributed by atoms with E-state index in [1.165, 1.54) is 0 Å². The van der Waals surface area contributed by atoms with Gasteiger partial charge < -0.3 is 9.47 Å². The minimum Gasteiger partial charge on any atom is -0.490 e. The fourth-order valence-corrected chi connectivity index (χ4v) is 2.21. The van der Waals surface area contributed by atoms with E-state index < -0.39 is 0 Å². The molecule has 4 nitrogen and oxygen atoms in total. The van der Waals surface area contributed by atoms with Crippen molar-refractivity contribution in [3.63, 3.8) is 0 Å². The van der Waals surface area contributed by atoms with Gasteiger partial charge in [-0.1, -0.05) is 13.8 Å². The van der Waals surface area contributed by atoms with Crippen molar-refractivity contribution in [2.45, 2.75) is 53.1 Å². The highest BCUT2D eigenvalue weighted by atomic mass is 16.5. The maximum atomic E-state index is 11.4. The van der Waals surface area contributed by atoms with E-state index in [-0.39, 0.29) is 24.3 Å². The highest BCUT2D eigenvalue weighted by Crippen LogP contribution is 2.29. The molecule has 1 aliphatic rings. The van der Waals surface area contributed by atoms with Gasteiger partial charge >= 0.3 is 5.97 Å². The van der Waals surface area contributed by atoms with E-state index in [9.17, 15) is 9.59 Å². The number of rotatable bonds is 4. The van der Waals surface area contributed by atoms with Crippen molar-refractivity contribution >= 4 is 11.8 Å². The molecule has 0 spiro atoms. The van der Waals surface area contributed by atoms with Gasteiger partial charge in [0, 0.05) is 5.56 Å². The van der Waals surface area contributed by atoms with Crippen molar-refractivity contribution in [1.29, 1.82) is 0 Å². The van der Waals surface area contributed by atoms with Crippen LogP contribution in [0.1, 0.15) is 56.5 Å². The number of ether oxygens (including phenoxy) is 2. The highest BCUT2D eigenvalue weighted by Gasteiger charge is 2.23. The van der Waals surface area contributed by atoms with Crippen molar-refractivity contribution in [3.8, 4) is 5.75 Å². The molecule has 0 amide bonds. The number of benzene rings is 1. The lowest BCUT2D eigenvalue weighted by molar-refractivity contribution is -0.145. The molecule has 1 aromatic carbocycles. The fourth-order valence-electron chi connectivity index (χ4n) is 2.21. The van der Waals surface area contributed by atoms with Gasteiger partial charge in [0.15, 0.2) is 5.78 Å². The second kappa shape index (κ2) is 8.45. The molecule has 1 heterocycles. The monoisotopic (exact) mass is 292 g/mol. The largest absolute Gasteiger partial charge is 0.490 e. The maximum Gasteiger partial charge on any atom is 0.309 e. The summed E-state index contributed by atoms with van der Waals surface area (Å²) in [4.78, 5) is 22.7. The Kier molecular flexibility index (Phi) is 6.92. The minimum absolute atomic E-state index is 0.0523. The summed E-state index contributed by atoms with van der Waals surface area (Å²) < 4.78 is 10.7. The normalized spacial score (nSPS) is 15.9. The van der Waals surface area contributed by atoms with E-state index in [0.29, 0.717) is 12.2 Å². The van der Waals surface area contributed by atoms with Crippen LogP contribution in [0.4, 0.5) is 0 Å². The molecule has 0 saturated heterocycles. The third kappa shape index (κ3) is 4.88. The molecule has 0 aliphatic carbocycles. The topological polar surface area (TPSA) is 52.6 Å². The number of carbonyl (C=O) groups is 2. The van der Waals surface area contributed by atoms with Crippen LogP contribution in [0.5, 0.6) is 5.75 Å². The van der Waals surface area contributed by atoms with Crippen LogP contribution < -0.4 is 4.74 Å². The predicted octanol–water partition coefficient (Wildman–Crippen LogP) is 3.56. The van der Waals surface area contributed by atoms with Crippen LogP contribution in [0.3, 0.4) is 0 Å². The first-order chi connectivity index (χ1) is 10.1. The molecule has 0 saturated carbocycles. The SMILES string of the molecule is CC.CCOC(=O)CC1CCc2cc(C(C)=O)ccc2O1. The van der Waals surface area contributed by atoms with Crippen LogP contribution >= 0.6 is 0 Å². The quantitative estimate of drug-likeness (QED) is 0.629. The van der Waals surface area contributed by atoms with Gasteiger partial charge in [-0.3, -0.25) is 9.59 Å². The number of hydrogen-bond acceptors (Lipinski definition) is 4. The smallest absolute Gasteiger partial charge is 0.309 e. The number of fused-ring (bicyclic) bond motifs is 1. The first-order valence-electron chi connectivity index (χ1n) is 7.56. The Hall–Kier alpha value is -1.84. The third-order valence-electron chi connectivity index (χ3n) is 3.20. The molecule has 0 fully saturated rings. The Morgan fingerprint density at radius 1 is 1.33 bits per heavy atom. The van der Waals surface area contributed by atoms with Gasteiger partial charge in [-0.2, -0.15) is 0 Å². The van der Waals surface area contributed by atoms with Gasteiger partial charge in [0.05, 0.1) is 13.0 Å². The number of ketones is 1. The lowest BCUT2D eigenvalue weighted by Crippen LogP contribution is -2.26. The van der Waals surface area contributed by atoms with E-state index in [0.717, 1.165) is 24.2 Å². The zero-order chi connectivity index (χ0) is 15.8. The van der Waals surface area contributed by atoms with E-state index >= 15 is 0 Å². The molecular weight excluding hydrogens is 268 g/mol. The molecule has 0 bridgehead atoms. The van der Waals surface area contributed by atoms with Crippen LogP contribution in [-0.2, 0) is 16.0 Å². The molecule has 21 heavy (non-hydrogen) atoms. The van der Waals surface area contributed by atoms with Crippen molar-refractivity contribution in [2.24, 2.45) is 0 Å². The van der Waals surface area contributed by atoms with Crippen LogP contribution in [0, 0.1) is 0 Å². The summed E-state index contributed by atoms with van der Waals surface area (Å²) in [5.41, 5.74) is 1.74. The summed E-state index contributed by atoms with van der Waals surface area (Å²) in [5, 5.41) is 0.